The van der Waals surface area contributed by atoms with Crippen molar-refractivity contribution in [1.82, 2.24) is 14.8 Å². The van der Waals surface area contributed by atoms with E-state index in [1.165, 1.54) is 4.68 Å². The van der Waals surface area contributed by atoms with Crippen molar-refractivity contribution in [2.45, 2.75) is 6.54 Å². The molecule has 0 unspecified atom stereocenters. The minimum absolute atomic E-state index is 0.126. The summed E-state index contributed by atoms with van der Waals surface area (Å²) >= 11 is 0. The molecule has 0 fully saturated rings. The number of carbonyl (C=O) groups is 1. The Kier molecular flexibility index (Phi) is 4.26. The summed E-state index contributed by atoms with van der Waals surface area (Å²) in [5.74, 6) is 5.37. The second-order valence-corrected chi connectivity index (χ2v) is 3.62. The number of pyridine rings is 1. The van der Waals surface area contributed by atoms with Crippen LogP contribution in [0.15, 0.2) is 36.7 Å². The van der Waals surface area contributed by atoms with Crippen LogP contribution in [0.25, 0.3) is 0 Å². The minimum atomic E-state index is -0.225. The monoisotopic (exact) mass is 256 g/mol. The van der Waals surface area contributed by atoms with Gasteiger partial charge in [0.15, 0.2) is 0 Å². The quantitative estimate of drug-likeness (QED) is 0.772. The molecule has 0 saturated heterocycles. The van der Waals surface area contributed by atoms with Crippen molar-refractivity contribution >= 4 is 11.7 Å². The van der Waals surface area contributed by atoms with Crippen molar-refractivity contribution in [3.63, 3.8) is 0 Å². The Labute approximate surface area is 110 Å². The average molecular weight is 256 g/mol. The fraction of sp³-hybridized carbons (Fsp3) is 0.154. The third kappa shape index (κ3) is 3.94. The van der Waals surface area contributed by atoms with Gasteiger partial charge in [0.1, 0.15) is 24.7 Å². The zero-order valence-corrected chi connectivity index (χ0v) is 10.1. The van der Waals surface area contributed by atoms with Crippen molar-refractivity contribution < 1.29 is 9.90 Å². The van der Waals surface area contributed by atoms with Crippen LogP contribution in [0.1, 0.15) is 5.69 Å². The van der Waals surface area contributed by atoms with Gasteiger partial charge in [0.25, 0.3) is 0 Å². The lowest BCUT2D eigenvalue weighted by atomic mass is 10.3. The molecule has 2 aromatic heterocycles. The van der Waals surface area contributed by atoms with Crippen molar-refractivity contribution in [2.24, 2.45) is 0 Å². The molecule has 2 rings (SSSR count). The van der Waals surface area contributed by atoms with Crippen molar-refractivity contribution in [3.05, 3.63) is 42.4 Å². The van der Waals surface area contributed by atoms with E-state index in [2.05, 4.69) is 27.2 Å². The normalized spacial score (nSPS) is 9.53. The predicted molar refractivity (Wildman–Crippen MR) is 69.1 cm³/mol. The van der Waals surface area contributed by atoms with Gasteiger partial charge in [0.05, 0.1) is 0 Å². The number of nitrogens with one attached hydrogen (secondary N) is 1. The third-order valence-electron chi connectivity index (χ3n) is 2.18. The summed E-state index contributed by atoms with van der Waals surface area (Å²) in [7, 11) is 0. The average Bonchev–Trinajstić information content (AvgIpc) is 2.89. The molecule has 2 heterocycles. The molecular formula is C13H12N4O2. The van der Waals surface area contributed by atoms with Crippen molar-refractivity contribution in [2.75, 3.05) is 11.9 Å². The summed E-state index contributed by atoms with van der Waals surface area (Å²) in [6.07, 6.45) is 3.31. The van der Waals surface area contributed by atoms with E-state index in [0.29, 0.717) is 11.5 Å². The first kappa shape index (κ1) is 12.8. The van der Waals surface area contributed by atoms with Gasteiger partial charge in [-0.1, -0.05) is 12.0 Å². The van der Waals surface area contributed by atoms with Crippen LogP contribution in [-0.2, 0) is 11.3 Å². The van der Waals surface area contributed by atoms with Crippen molar-refractivity contribution in [3.8, 4) is 11.8 Å². The van der Waals surface area contributed by atoms with E-state index < -0.39 is 0 Å². The summed E-state index contributed by atoms with van der Waals surface area (Å²) in [6, 6.07) is 6.85. The number of aliphatic hydroxyl groups excluding tert-OH is 1. The zero-order valence-electron chi connectivity index (χ0n) is 10.1. The van der Waals surface area contributed by atoms with Gasteiger partial charge in [-0.05, 0) is 24.1 Å². The van der Waals surface area contributed by atoms with Gasteiger partial charge in [-0.25, -0.2) is 4.98 Å². The maximum absolute atomic E-state index is 11.7. The Morgan fingerprint density at radius 2 is 2.32 bits per heavy atom. The molecule has 0 radical (unpaired) electrons. The van der Waals surface area contributed by atoms with Gasteiger partial charge in [0, 0.05) is 12.4 Å². The van der Waals surface area contributed by atoms with E-state index >= 15 is 0 Å². The van der Waals surface area contributed by atoms with Crippen LogP contribution in [0.5, 0.6) is 0 Å². The molecule has 0 aliphatic rings. The summed E-state index contributed by atoms with van der Waals surface area (Å²) in [6.45, 7) is -0.0984. The first-order valence-electron chi connectivity index (χ1n) is 5.62. The highest BCUT2D eigenvalue weighted by molar-refractivity contribution is 5.89. The van der Waals surface area contributed by atoms with Crippen LogP contribution in [0.3, 0.4) is 0 Å². The SMILES string of the molecule is O=C(Cn1cccn1)Nc1cccc(C#CCO)n1. The van der Waals surface area contributed by atoms with Gasteiger partial charge in [-0.15, -0.1) is 0 Å². The zero-order chi connectivity index (χ0) is 13.5. The maximum Gasteiger partial charge on any atom is 0.247 e. The summed E-state index contributed by atoms with van der Waals surface area (Å²) < 4.78 is 1.52. The highest BCUT2D eigenvalue weighted by atomic mass is 16.2. The largest absolute Gasteiger partial charge is 0.384 e. The number of amides is 1. The molecule has 0 atom stereocenters. The number of aliphatic hydroxyl groups is 1. The fourth-order valence-corrected chi connectivity index (χ4v) is 1.43. The molecule has 2 aromatic rings. The van der Waals surface area contributed by atoms with Crippen LogP contribution in [0, 0.1) is 11.8 Å². The van der Waals surface area contributed by atoms with Crippen LogP contribution in [0.2, 0.25) is 0 Å². The third-order valence-corrected chi connectivity index (χ3v) is 2.18. The van der Waals surface area contributed by atoms with E-state index in [1.807, 2.05) is 0 Å². The Morgan fingerprint density at radius 1 is 1.42 bits per heavy atom. The number of nitrogens with zero attached hydrogens (tertiary/aromatic N) is 3. The van der Waals surface area contributed by atoms with E-state index in [1.54, 1.807) is 36.7 Å². The fourth-order valence-electron chi connectivity index (χ4n) is 1.43. The first-order chi connectivity index (χ1) is 9.28. The Morgan fingerprint density at radius 3 is 3.05 bits per heavy atom. The van der Waals surface area contributed by atoms with E-state index in [4.69, 9.17) is 5.11 Å². The van der Waals surface area contributed by atoms with E-state index in [0.717, 1.165) is 0 Å². The predicted octanol–water partition coefficient (Wildman–Crippen LogP) is 0.261. The molecule has 1 amide bonds. The lowest BCUT2D eigenvalue weighted by Crippen LogP contribution is -2.19. The Bertz CT molecular complexity index is 611. The van der Waals surface area contributed by atoms with Crippen LogP contribution in [-0.4, -0.2) is 32.4 Å². The number of carbonyl (C=O) groups excluding carboxylic acids is 1. The number of hydrogen-bond donors (Lipinski definition) is 2. The number of aromatic nitrogens is 3. The lowest BCUT2D eigenvalue weighted by molar-refractivity contribution is -0.116. The molecule has 6 heteroatoms. The molecule has 0 bridgehead atoms. The molecule has 0 aliphatic carbocycles. The molecule has 0 spiro atoms. The van der Waals surface area contributed by atoms with Crippen LogP contribution >= 0.6 is 0 Å². The first-order valence-corrected chi connectivity index (χ1v) is 5.62. The Hall–Kier alpha value is -2.65. The van der Waals surface area contributed by atoms with E-state index in [9.17, 15) is 4.79 Å². The van der Waals surface area contributed by atoms with E-state index in [-0.39, 0.29) is 19.1 Å². The standard InChI is InChI=1S/C13H12N4O2/c18-9-2-5-11-4-1-6-12(15-11)16-13(19)10-17-8-3-7-14-17/h1,3-4,6-8,18H,9-10H2,(H,15,16,19). The molecule has 2 N–H and O–H groups in total. The number of rotatable bonds is 3. The second kappa shape index (κ2) is 6.33. The molecule has 19 heavy (non-hydrogen) atoms. The second-order valence-electron chi connectivity index (χ2n) is 3.62. The Balaban J connectivity index is 2.00. The van der Waals surface area contributed by atoms with Crippen molar-refractivity contribution in [1.29, 1.82) is 0 Å². The maximum atomic E-state index is 11.7. The van der Waals surface area contributed by atoms with Gasteiger partial charge >= 0.3 is 0 Å². The molecule has 0 aliphatic heterocycles. The molecular weight excluding hydrogens is 244 g/mol. The number of anilines is 1. The lowest BCUT2D eigenvalue weighted by Gasteiger charge is -2.04. The summed E-state index contributed by atoms with van der Waals surface area (Å²) in [5.41, 5.74) is 0.492. The molecule has 6 nitrogen and oxygen atoms in total. The summed E-state index contributed by atoms with van der Waals surface area (Å²) in [4.78, 5) is 15.9. The smallest absolute Gasteiger partial charge is 0.247 e. The molecule has 0 aromatic carbocycles. The highest BCUT2D eigenvalue weighted by Crippen LogP contribution is 2.04. The van der Waals surface area contributed by atoms with Gasteiger partial charge in [0.2, 0.25) is 5.91 Å². The molecule has 96 valence electrons. The topological polar surface area (TPSA) is 80.0 Å². The number of hydrogen-bond acceptors (Lipinski definition) is 4. The van der Waals surface area contributed by atoms with Gasteiger partial charge in [-0.2, -0.15) is 5.10 Å². The van der Waals surface area contributed by atoms with Gasteiger partial charge in [-0.3, -0.25) is 9.48 Å². The highest BCUT2D eigenvalue weighted by Gasteiger charge is 2.04. The minimum Gasteiger partial charge on any atom is -0.384 e. The molecule has 0 saturated carbocycles. The summed E-state index contributed by atoms with van der Waals surface area (Å²) in [5, 5.41) is 15.2. The van der Waals surface area contributed by atoms with Crippen LogP contribution < -0.4 is 5.32 Å². The van der Waals surface area contributed by atoms with Gasteiger partial charge < -0.3 is 10.4 Å². The van der Waals surface area contributed by atoms with Crippen LogP contribution in [0.4, 0.5) is 5.82 Å².